The standard InChI is InChI=1S/C22H34N2O2/c1-9(2)23(10(3)4)19(25)21-15-13-16-14(15)18(21)22(16,17(13)21)20(26)24(11(5)6)12(7)8/h9-18H,1-8H3. The van der Waals surface area contributed by atoms with Gasteiger partial charge in [0.25, 0.3) is 0 Å². The van der Waals surface area contributed by atoms with E-state index in [1.54, 1.807) is 0 Å². The van der Waals surface area contributed by atoms with Gasteiger partial charge in [0.1, 0.15) is 0 Å². The van der Waals surface area contributed by atoms with Crippen LogP contribution in [0.15, 0.2) is 0 Å². The van der Waals surface area contributed by atoms with E-state index >= 15 is 0 Å². The minimum Gasteiger partial charge on any atom is -0.337 e. The first-order chi connectivity index (χ1) is 12.1. The highest BCUT2D eigenvalue weighted by Crippen LogP contribution is 3.10. The van der Waals surface area contributed by atoms with Crippen LogP contribution in [0.1, 0.15) is 55.4 Å². The van der Waals surface area contributed by atoms with Crippen LogP contribution in [0.2, 0.25) is 0 Å². The van der Waals surface area contributed by atoms with Gasteiger partial charge in [-0.05, 0) is 90.9 Å². The molecule has 6 aliphatic carbocycles. The molecule has 144 valence electrons. The van der Waals surface area contributed by atoms with Crippen molar-refractivity contribution in [2.24, 2.45) is 46.3 Å². The van der Waals surface area contributed by atoms with Gasteiger partial charge in [0.2, 0.25) is 11.8 Å². The summed E-state index contributed by atoms with van der Waals surface area (Å²) < 4.78 is 0. The van der Waals surface area contributed by atoms with Crippen LogP contribution in [0.5, 0.6) is 0 Å². The summed E-state index contributed by atoms with van der Waals surface area (Å²) in [6.07, 6.45) is 0. The van der Waals surface area contributed by atoms with Gasteiger partial charge in [-0.25, -0.2) is 0 Å². The molecule has 0 atom stereocenters. The summed E-state index contributed by atoms with van der Waals surface area (Å²) in [6, 6.07) is 0.936. The lowest BCUT2D eigenvalue weighted by Gasteiger charge is -3.10. The summed E-state index contributed by atoms with van der Waals surface area (Å²) in [6.45, 7) is 17.0. The average Bonchev–Trinajstić information content (AvgIpc) is 2.52. The molecular weight excluding hydrogens is 324 g/mol. The molecule has 0 aromatic heterocycles. The summed E-state index contributed by atoms with van der Waals surface area (Å²) >= 11 is 0. The van der Waals surface area contributed by atoms with Crippen LogP contribution in [0.4, 0.5) is 0 Å². The lowest BCUT2D eigenvalue weighted by Crippen LogP contribution is -3.13. The first kappa shape index (κ1) is 17.1. The highest BCUT2D eigenvalue weighted by molar-refractivity contribution is 6.02. The lowest BCUT2D eigenvalue weighted by molar-refractivity contribution is -0.627. The zero-order chi connectivity index (χ0) is 19.1. The predicted octanol–water partition coefficient (Wildman–Crippen LogP) is 3.02. The average molecular weight is 359 g/mol. The van der Waals surface area contributed by atoms with E-state index in [-0.39, 0.29) is 35.0 Å². The smallest absolute Gasteiger partial charge is 0.230 e. The van der Waals surface area contributed by atoms with Crippen molar-refractivity contribution in [2.45, 2.75) is 79.6 Å². The number of nitrogens with zero attached hydrogens (tertiary/aromatic N) is 2. The maximum atomic E-state index is 13.6. The predicted molar refractivity (Wildman–Crippen MR) is 100 cm³/mol. The van der Waals surface area contributed by atoms with Gasteiger partial charge in [0.05, 0.1) is 10.8 Å². The van der Waals surface area contributed by atoms with E-state index in [0.29, 0.717) is 47.3 Å². The number of carbonyl (C=O) groups excluding carboxylic acids is 2. The Labute approximate surface area is 157 Å². The van der Waals surface area contributed by atoms with Gasteiger partial charge in [0.15, 0.2) is 0 Å². The van der Waals surface area contributed by atoms with Gasteiger partial charge in [0, 0.05) is 24.2 Å². The SMILES string of the molecule is CC(C)N(C(=O)C12C3C4C5C3C1C5(C(=O)N(C(C)C)C(C)C)C42)C(C)C. The molecule has 0 spiro atoms. The minimum atomic E-state index is -0.145. The summed E-state index contributed by atoms with van der Waals surface area (Å²) in [5.74, 6) is 4.10. The number of carbonyl (C=O) groups is 2. The second-order valence-electron chi connectivity index (χ2n) is 10.8. The maximum absolute atomic E-state index is 13.6. The third-order valence-electron chi connectivity index (χ3n) is 9.03. The molecule has 0 aromatic rings. The number of hydrogen-bond acceptors (Lipinski definition) is 2. The molecule has 6 aliphatic rings. The second kappa shape index (κ2) is 4.50. The molecule has 0 radical (unpaired) electrons. The monoisotopic (exact) mass is 358 g/mol. The molecule has 6 fully saturated rings. The van der Waals surface area contributed by atoms with E-state index in [9.17, 15) is 9.59 Å². The summed E-state index contributed by atoms with van der Waals surface area (Å²) in [5.41, 5.74) is -0.290. The first-order valence-corrected chi connectivity index (χ1v) is 10.7. The van der Waals surface area contributed by atoms with E-state index < -0.39 is 0 Å². The van der Waals surface area contributed by atoms with Crippen LogP contribution < -0.4 is 0 Å². The van der Waals surface area contributed by atoms with Crippen molar-refractivity contribution >= 4 is 11.8 Å². The molecular formula is C22H34N2O2. The van der Waals surface area contributed by atoms with Crippen LogP contribution in [-0.4, -0.2) is 45.8 Å². The molecule has 26 heavy (non-hydrogen) atoms. The Kier molecular flexibility index (Phi) is 2.95. The maximum Gasteiger partial charge on any atom is 0.230 e. The Hall–Kier alpha value is -1.06. The van der Waals surface area contributed by atoms with Crippen molar-refractivity contribution in [1.29, 1.82) is 0 Å². The van der Waals surface area contributed by atoms with Crippen LogP contribution in [0.3, 0.4) is 0 Å². The van der Waals surface area contributed by atoms with Gasteiger partial charge in [-0.1, -0.05) is 0 Å². The van der Waals surface area contributed by atoms with Gasteiger partial charge < -0.3 is 9.80 Å². The highest BCUT2D eigenvalue weighted by Gasteiger charge is 3.13. The highest BCUT2D eigenvalue weighted by atomic mass is 16.2. The summed E-state index contributed by atoms with van der Waals surface area (Å²) in [7, 11) is 0. The Morgan fingerprint density at radius 3 is 1.12 bits per heavy atom. The molecule has 0 heterocycles. The molecule has 2 amide bonds. The zero-order valence-corrected chi connectivity index (χ0v) is 17.5. The largest absolute Gasteiger partial charge is 0.337 e. The molecule has 0 aromatic carbocycles. The molecule has 0 saturated heterocycles. The van der Waals surface area contributed by atoms with Crippen LogP contribution in [0, 0.1) is 46.3 Å². The number of amides is 2. The zero-order valence-electron chi connectivity index (χ0n) is 17.5. The van der Waals surface area contributed by atoms with Crippen molar-refractivity contribution in [3.8, 4) is 0 Å². The normalized spacial score (nSPS) is 47.7. The molecule has 0 unspecified atom stereocenters. The number of hydrogen-bond donors (Lipinski definition) is 0. The van der Waals surface area contributed by atoms with E-state index in [4.69, 9.17) is 0 Å². The quantitative estimate of drug-likeness (QED) is 0.732. The van der Waals surface area contributed by atoms with Gasteiger partial charge in [-0.3, -0.25) is 9.59 Å². The van der Waals surface area contributed by atoms with Gasteiger partial charge in [-0.15, -0.1) is 0 Å². The van der Waals surface area contributed by atoms with Crippen LogP contribution in [0.25, 0.3) is 0 Å². The molecule has 0 aliphatic heterocycles. The van der Waals surface area contributed by atoms with Crippen molar-refractivity contribution < 1.29 is 9.59 Å². The molecule has 0 bridgehead atoms. The Morgan fingerprint density at radius 1 is 0.615 bits per heavy atom. The van der Waals surface area contributed by atoms with E-state index in [1.165, 1.54) is 0 Å². The van der Waals surface area contributed by atoms with Crippen molar-refractivity contribution in [2.75, 3.05) is 0 Å². The Balaban J connectivity index is 1.45. The van der Waals surface area contributed by atoms with Crippen molar-refractivity contribution in [1.82, 2.24) is 9.80 Å². The molecule has 4 nitrogen and oxygen atoms in total. The topological polar surface area (TPSA) is 40.6 Å². The second-order valence-corrected chi connectivity index (χ2v) is 10.8. The molecule has 0 N–H and O–H groups in total. The summed E-state index contributed by atoms with van der Waals surface area (Å²) in [5, 5.41) is 0. The third-order valence-corrected chi connectivity index (χ3v) is 9.03. The Morgan fingerprint density at radius 2 is 0.885 bits per heavy atom. The van der Waals surface area contributed by atoms with Crippen LogP contribution >= 0.6 is 0 Å². The fourth-order valence-corrected chi connectivity index (χ4v) is 9.02. The Bertz CT molecular complexity index is 617. The van der Waals surface area contributed by atoms with E-state index in [0.717, 1.165) is 0 Å². The van der Waals surface area contributed by atoms with Crippen molar-refractivity contribution in [3.05, 3.63) is 0 Å². The minimum absolute atomic E-state index is 0.145. The summed E-state index contributed by atoms with van der Waals surface area (Å²) in [4.78, 5) is 31.4. The van der Waals surface area contributed by atoms with Gasteiger partial charge in [-0.2, -0.15) is 0 Å². The molecule has 4 heteroatoms. The third kappa shape index (κ3) is 1.23. The fourth-order valence-electron chi connectivity index (χ4n) is 9.02. The van der Waals surface area contributed by atoms with E-state index in [1.807, 2.05) is 0 Å². The molecule has 6 saturated carbocycles. The van der Waals surface area contributed by atoms with E-state index in [2.05, 4.69) is 65.2 Å². The fraction of sp³-hybridized carbons (Fsp3) is 0.909. The number of rotatable bonds is 6. The van der Waals surface area contributed by atoms with Crippen LogP contribution in [-0.2, 0) is 9.59 Å². The first-order valence-electron chi connectivity index (χ1n) is 10.7. The molecule has 6 rings (SSSR count). The van der Waals surface area contributed by atoms with Gasteiger partial charge >= 0.3 is 0 Å². The van der Waals surface area contributed by atoms with Crippen molar-refractivity contribution in [3.63, 3.8) is 0 Å². The lowest BCUT2D eigenvalue weighted by atomic mass is 8.92.